The summed E-state index contributed by atoms with van der Waals surface area (Å²) in [6.45, 7) is 9.17. The summed E-state index contributed by atoms with van der Waals surface area (Å²) in [5.41, 5.74) is 0. The van der Waals surface area contributed by atoms with Crippen molar-refractivity contribution < 1.29 is 22.7 Å². The SMILES string of the molecule is C.C.C.C.C.C.C.[3HH].[3H]C#C.[3H]C#C.[3H]C#C.[3H]CC.[3H]CC.[3H]CC.[3H]CC.[3H]C[3H].[3H][3H].[3H][3H].[3H][3H]. The summed E-state index contributed by atoms with van der Waals surface area (Å²) in [5, 5.41) is 0. The maximum atomic E-state index is 6.21. The third kappa shape index (κ3) is 3350. The Kier molecular flexibility index (Phi) is 4590. The topological polar surface area (TPSA) is 0 Å². The lowest BCUT2D eigenvalue weighted by Gasteiger charge is -1.07. The minimum Gasteiger partial charge on any atom is -0.124 e. The van der Waals surface area contributed by atoms with Gasteiger partial charge < -0.3 is 0 Å². The molecule has 0 aliphatic carbocycles. The molecule has 0 aromatic carbocycles. The van der Waals surface area contributed by atoms with Crippen molar-refractivity contribution in [1.29, 1.82) is 0 Å². The van der Waals surface area contributed by atoms with E-state index in [0.717, 1.165) is 0 Å². The zero-order chi connectivity index (χ0) is 27.7. The van der Waals surface area contributed by atoms with Crippen LogP contribution in [0.4, 0.5) is 0 Å². The zero-order valence-corrected chi connectivity index (χ0v) is 10.8. The van der Waals surface area contributed by atoms with Crippen LogP contribution in [0.25, 0.3) is 0 Å². The summed E-state index contributed by atoms with van der Waals surface area (Å²) in [6, 6.07) is 0. The Hall–Kier alpha value is -1.32. The van der Waals surface area contributed by atoms with Crippen molar-refractivity contribution in [3.8, 4) is 38.5 Å². The molecular weight excluding hydrogens is 264 g/mol. The second-order valence-corrected chi connectivity index (χ2v) is 0. The molecule has 0 rings (SSSR count). The molecule has 0 aromatic heterocycles. The fourth-order valence-electron chi connectivity index (χ4n) is 0. The fourth-order valence-corrected chi connectivity index (χ4v) is 0. The maximum absolute atomic E-state index is 6.21. The van der Waals surface area contributed by atoms with E-state index in [2.05, 4.69) is 19.3 Å². The average molecular weight is 367 g/mol. The maximum Gasteiger partial charge on any atom is 0.124 e. The Bertz CT molecular complexity index is 177. The molecule has 0 fully saturated rings. The quantitative estimate of drug-likeness (QED) is 0.374. The van der Waals surface area contributed by atoms with Gasteiger partial charge in [-0.1, -0.05) is 115 Å². The first-order chi connectivity index (χ1) is 14.3. The van der Waals surface area contributed by atoms with Gasteiger partial charge in [0.05, 0.1) is 0 Å². The number of hydrogen-bond acceptors (Lipinski definition) is 0. The van der Waals surface area contributed by atoms with Crippen LogP contribution in [-0.2, 0) is 0 Å². The van der Waals surface area contributed by atoms with Gasteiger partial charge in [-0.15, -0.1) is 38.5 Å². The van der Waals surface area contributed by atoms with E-state index < -0.39 is 0 Å². The van der Waals surface area contributed by atoms with E-state index in [4.69, 9.17) is 21.2 Å². The zero-order valence-electron chi connectivity index (χ0n) is 25.8. The minimum atomic E-state index is -0.250. The van der Waals surface area contributed by atoms with Gasteiger partial charge in [0, 0.05) is 18.6 Å². The molecule has 0 amide bonds. The molecule has 22 heavy (non-hydrogen) atoms. The van der Waals surface area contributed by atoms with Gasteiger partial charge >= 0.3 is 0 Å². The molecule has 0 unspecified atom stereocenters. The van der Waals surface area contributed by atoms with Crippen molar-refractivity contribution in [3.05, 3.63) is 0 Å². The molecule has 158 valence electrons. The molecule has 0 heteroatoms. The minimum absolute atomic E-state index is 0. The largest absolute Gasteiger partial charge is 0.124 e. The third-order valence-corrected chi connectivity index (χ3v) is 0. The molecule has 0 aliphatic heterocycles. The van der Waals surface area contributed by atoms with Gasteiger partial charge in [0.2, 0.25) is 0 Å². The van der Waals surface area contributed by atoms with Crippen molar-refractivity contribution >= 4 is 0 Å². The first-order valence-electron chi connectivity index (χ1n) is 12.4. The molecule has 0 atom stereocenters. The lowest BCUT2D eigenvalue weighted by Crippen LogP contribution is -0.856. The first kappa shape index (κ1) is 25.6. The molecule has 0 saturated heterocycles. The van der Waals surface area contributed by atoms with Gasteiger partial charge in [-0.25, -0.2) is 0 Å². The molecular formula is C22H70. The van der Waals surface area contributed by atoms with E-state index in [-0.39, 0.29) is 60.8 Å². The molecule has 0 aromatic rings. The van der Waals surface area contributed by atoms with Crippen molar-refractivity contribution in [2.75, 3.05) is 0 Å². The summed E-state index contributed by atoms with van der Waals surface area (Å²) in [5.74, 6) is 0. The number of rotatable bonds is 0. The molecule has 0 aliphatic rings. The van der Waals surface area contributed by atoms with E-state index in [1.165, 1.54) is 19.2 Å². The average Bonchev–Trinajstić information content (AvgIpc) is 2.71. The molecule has 0 nitrogen and oxygen atoms in total. The predicted octanol–water partition coefficient (Wildman–Crippen LogP) is 10.9. The monoisotopic (exact) mass is 367 g/mol. The van der Waals surface area contributed by atoms with Gasteiger partial charge in [-0.05, 0) is 0 Å². The van der Waals surface area contributed by atoms with E-state index in [0.29, 0.717) is 27.6 Å². The Balaban J connectivity index is -0.00000000604. The normalized spacial score (nSPS) is 6.68. The van der Waals surface area contributed by atoms with E-state index in [1.807, 2.05) is 0 Å². The Morgan fingerprint density at radius 3 is 0.636 bits per heavy atom. The molecule has 0 N–H and O–H groups in total. The highest BCUT2D eigenvalue weighted by Crippen LogP contribution is 1.15. The second-order valence-electron chi connectivity index (χ2n) is 0. The van der Waals surface area contributed by atoms with E-state index >= 15 is 0 Å². The Morgan fingerprint density at radius 1 is 0.636 bits per heavy atom. The van der Waals surface area contributed by atoms with Crippen LogP contribution in [0.5, 0.6) is 0 Å². The summed E-state index contributed by atoms with van der Waals surface area (Å²) in [6.07, 6.45) is 17.3. The van der Waals surface area contributed by atoms with Gasteiger partial charge in [-0.3, -0.25) is 0 Å². The molecule has 0 spiro atoms. The highest BCUT2D eigenvalue weighted by atomic mass is 13.0. The van der Waals surface area contributed by atoms with Gasteiger partial charge in [0.25, 0.3) is 0 Å². The smallest absolute Gasteiger partial charge is 0.124 e. The molecule has 0 saturated carbocycles. The Labute approximate surface area is 177 Å². The molecule has 0 heterocycles. The van der Waals surface area contributed by atoms with E-state index in [9.17, 15) is 0 Å². The van der Waals surface area contributed by atoms with Crippen LogP contribution >= 0.6 is 0 Å². The van der Waals surface area contributed by atoms with Gasteiger partial charge in [0.15, 0.2) is 0 Å². The standard InChI is InChI=1S/4C2H6.3C2H2.8CH4.4H2/c7*1-2;;;;;;;;;;;;/h4*1-2H3;3*1-2H;8*1H4;4*1H/i7*1T;1T2;;;;;;;;3*1+2T;1+2. The summed E-state index contributed by atoms with van der Waals surface area (Å²) < 4.78 is 83.8. The fraction of sp³-hybridized carbons (Fsp3) is 0.727. The van der Waals surface area contributed by atoms with Crippen LogP contribution < -0.4 is 0 Å². The number of hydrogen-bond donors (Lipinski definition) is 0. The van der Waals surface area contributed by atoms with Crippen LogP contribution in [0.3, 0.4) is 0 Å². The predicted molar refractivity (Wildman–Crippen MR) is 137 cm³/mol. The summed E-state index contributed by atoms with van der Waals surface area (Å²) >= 11 is 0. The molecule has 0 bridgehead atoms. The second kappa shape index (κ2) is 3940. The van der Waals surface area contributed by atoms with Crippen LogP contribution in [0, 0.1) is 38.5 Å². The van der Waals surface area contributed by atoms with Crippen molar-refractivity contribution in [3.63, 3.8) is 0 Å². The van der Waals surface area contributed by atoms with Crippen LogP contribution in [0.2, 0.25) is 0 Å². The van der Waals surface area contributed by atoms with Crippen molar-refractivity contribution in [1.82, 2.24) is 0 Å². The highest BCUT2D eigenvalue weighted by molar-refractivity contribution is 4.47. The first-order valence-corrected chi connectivity index (χ1v) is 3.69. The lowest BCUT2D eigenvalue weighted by molar-refractivity contribution is 1.50. The van der Waals surface area contributed by atoms with Gasteiger partial charge in [-0.2, -0.15) is 0 Å². The highest BCUT2D eigenvalue weighted by Gasteiger charge is 0.938. The lowest BCUT2D eigenvalue weighted by atomic mass is 11.0. The van der Waals surface area contributed by atoms with E-state index in [1.54, 1.807) is 27.7 Å². The Morgan fingerprint density at radius 2 is 0.636 bits per heavy atom. The summed E-state index contributed by atoms with van der Waals surface area (Å²) in [7, 11) is -0.250. The van der Waals surface area contributed by atoms with Crippen LogP contribution in [0.15, 0.2) is 0 Å². The van der Waals surface area contributed by atoms with Crippen LogP contribution in [-0.4, -0.2) is 0 Å². The summed E-state index contributed by atoms with van der Waals surface area (Å²) in [4.78, 5) is 0. The molecule has 0 radical (unpaired) electrons. The van der Waals surface area contributed by atoms with Crippen molar-refractivity contribution in [2.45, 2.75) is 115 Å². The van der Waals surface area contributed by atoms with Crippen molar-refractivity contribution in [2.24, 2.45) is 0 Å². The number of terminal acetylenes is 3. The van der Waals surface area contributed by atoms with Crippen LogP contribution in [0.1, 0.15) is 137 Å². The van der Waals surface area contributed by atoms with Gasteiger partial charge in [0.1, 0.15) is 4.11 Å². The third-order valence-electron chi connectivity index (χ3n) is 0.